The first-order valence-corrected chi connectivity index (χ1v) is 7.37. The minimum absolute atomic E-state index is 0.0273. The van der Waals surface area contributed by atoms with E-state index in [1.165, 1.54) is 6.07 Å². The van der Waals surface area contributed by atoms with Crippen molar-refractivity contribution in [3.63, 3.8) is 0 Å². The summed E-state index contributed by atoms with van der Waals surface area (Å²) in [5.74, 6) is -0.107. The van der Waals surface area contributed by atoms with Gasteiger partial charge in [-0.15, -0.1) is 0 Å². The molecule has 1 saturated heterocycles. The van der Waals surface area contributed by atoms with Crippen LogP contribution in [0.2, 0.25) is 0 Å². The lowest BCUT2D eigenvalue weighted by Gasteiger charge is -2.34. The highest BCUT2D eigenvalue weighted by Crippen LogP contribution is 2.23. The lowest BCUT2D eigenvalue weighted by molar-refractivity contribution is 0.0690. The lowest BCUT2D eigenvalue weighted by Crippen LogP contribution is -2.44. The molecule has 120 valence electrons. The number of carboxylic acids is 1. The summed E-state index contributed by atoms with van der Waals surface area (Å²) in [4.78, 5) is 22.1. The number of anilines is 2. The highest BCUT2D eigenvalue weighted by molar-refractivity contribution is 5.87. The van der Waals surface area contributed by atoms with Crippen LogP contribution in [0.1, 0.15) is 17.4 Å². The van der Waals surface area contributed by atoms with Crippen LogP contribution in [0.3, 0.4) is 0 Å². The summed E-state index contributed by atoms with van der Waals surface area (Å²) >= 11 is 0. The molecule has 2 aromatic rings. The highest BCUT2D eigenvalue weighted by Gasteiger charge is 2.23. The van der Waals surface area contributed by atoms with Gasteiger partial charge in [-0.25, -0.2) is 14.8 Å². The van der Waals surface area contributed by atoms with Gasteiger partial charge in [0.2, 0.25) is 0 Å². The average molecular weight is 314 g/mol. The number of carbonyl (C=O) groups is 1. The molecule has 0 bridgehead atoms. The molecule has 0 radical (unpaired) electrons. The summed E-state index contributed by atoms with van der Waals surface area (Å²) in [6.07, 6.45) is 0. The molecule has 0 saturated carbocycles. The van der Waals surface area contributed by atoms with Gasteiger partial charge in [0.1, 0.15) is 5.82 Å². The van der Waals surface area contributed by atoms with Crippen LogP contribution in [0.25, 0.3) is 11.4 Å². The van der Waals surface area contributed by atoms with Gasteiger partial charge in [0.05, 0.1) is 19.3 Å². The van der Waals surface area contributed by atoms with Gasteiger partial charge in [0.25, 0.3) is 0 Å². The zero-order valence-corrected chi connectivity index (χ0v) is 12.8. The van der Waals surface area contributed by atoms with E-state index in [0.717, 1.165) is 5.56 Å². The van der Waals surface area contributed by atoms with Gasteiger partial charge in [0, 0.05) is 23.9 Å². The van der Waals surface area contributed by atoms with E-state index in [9.17, 15) is 9.90 Å². The molecule has 1 atom stereocenters. The summed E-state index contributed by atoms with van der Waals surface area (Å²) in [6.45, 7) is 3.86. The number of ether oxygens (including phenoxy) is 1. The van der Waals surface area contributed by atoms with Crippen LogP contribution in [0.5, 0.6) is 0 Å². The van der Waals surface area contributed by atoms with Gasteiger partial charge >= 0.3 is 5.97 Å². The minimum Gasteiger partial charge on any atom is -0.477 e. The summed E-state index contributed by atoms with van der Waals surface area (Å²) in [7, 11) is 0. The number of morpholine rings is 1. The fourth-order valence-electron chi connectivity index (χ4n) is 2.52. The molecule has 1 aliphatic rings. The molecule has 0 aliphatic carbocycles. The van der Waals surface area contributed by atoms with Crippen LogP contribution in [0.15, 0.2) is 30.3 Å². The number of aromatic carboxylic acids is 1. The van der Waals surface area contributed by atoms with Crippen molar-refractivity contribution in [3.8, 4) is 11.4 Å². The Balaban J connectivity index is 2.05. The Hall–Kier alpha value is -2.67. The summed E-state index contributed by atoms with van der Waals surface area (Å²) in [6, 6.07) is 8.67. The quantitative estimate of drug-likeness (QED) is 0.830. The van der Waals surface area contributed by atoms with Crippen molar-refractivity contribution in [1.29, 1.82) is 0 Å². The zero-order chi connectivity index (χ0) is 16.4. The molecule has 23 heavy (non-hydrogen) atoms. The first-order valence-electron chi connectivity index (χ1n) is 7.37. The number of carboxylic acid groups (broad SMARTS) is 1. The van der Waals surface area contributed by atoms with Crippen LogP contribution < -0.4 is 10.6 Å². The minimum atomic E-state index is -1.08. The second-order valence-corrected chi connectivity index (χ2v) is 5.48. The molecule has 7 nitrogen and oxygen atoms in total. The number of aromatic nitrogens is 2. The monoisotopic (exact) mass is 314 g/mol. The van der Waals surface area contributed by atoms with E-state index in [1.807, 2.05) is 11.8 Å². The van der Waals surface area contributed by atoms with Crippen molar-refractivity contribution in [2.24, 2.45) is 0 Å². The van der Waals surface area contributed by atoms with E-state index in [4.69, 9.17) is 10.5 Å². The van der Waals surface area contributed by atoms with Crippen molar-refractivity contribution in [2.75, 3.05) is 30.4 Å². The maximum Gasteiger partial charge on any atom is 0.354 e. The molecule has 3 rings (SSSR count). The maximum absolute atomic E-state index is 11.4. The van der Waals surface area contributed by atoms with E-state index < -0.39 is 5.97 Å². The SMILES string of the molecule is C[C@H]1COCCN1c1cc(C(=O)O)nc(-c2ccc(N)cc2)n1. The Morgan fingerprint density at radius 2 is 2.09 bits per heavy atom. The smallest absolute Gasteiger partial charge is 0.354 e. The number of nitrogens with zero attached hydrogens (tertiary/aromatic N) is 3. The molecule has 0 spiro atoms. The number of hydrogen-bond acceptors (Lipinski definition) is 6. The van der Waals surface area contributed by atoms with Crippen LogP contribution in [0, 0.1) is 0 Å². The average Bonchev–Trinajstić information content (AvgIpc) is 2.55. The molecule has 1 aromatic heterocycles. The van der Waals surface area contributed by atoms with Crippen molar-refractivity contribution in [3.05, 3.63) is 36.0 Å². The Morgan fingerprint density at radius 1 is 1.35 bits per heavy atom. The van der Waals surface area contributed by atoms with E-state index in [2.05, 4.69) is 9.97 Å². The summed E-state index contributed by atoms with van der Waals surface area (Å²) in [5, 5.41) is 9.34. The van der Waals surface area contributed by atoms with Crippen LogP contribution in [-0.4, -0.2) is 46.8 Å². The fourth-order valence-corrected chi connectivity index (χ4v) is 2.52. The Bertz CT molecular complexity index is 718. The Labute approximate surface area is 133 Å². The largest absolute Gasteiger partial charge is 0.477 e. The molecule has 1 fully saturated rings. The van der Waals surface area contributed by atoms with E-state index in [-0.39, 0.29) is 11.7 Å². The summed E-state index contributed by atoms with van der Waals surface area (Å²) < 4.78 is 5.42. The van der Waals surface area contributed by atoms with Gasteiger partial charge in [-0.05, 0) is 31.2 Å². The third kappa shape index (κ3) is 3.24. The molecule has 0 amide bonds. The van der Waals surface area contributed by atoms with Crippen LogP contribution in [0.4, 0.5) is 11.5 Å². The van der Waals surface area contributed by atoms with Crippen LogP contribution >= 0.6 is 0 Å². The normalized spacial score (nSPS) is 18.0. The molecule has 1 aliphatic heterocycles. The number of nitrogen functional groups attached to an aromatic ring is 1. The van der Waals surface area contributed by atoms with E-state index in [0.29, 0.717) is 37.1 Å². The third-order valence-electron chi connectivity index (χ3n) is 3.76. The number of benzene rings is 1. The molecular weight excluding hydrogens is 296 g/mol. The zero-order valence-electron chi connectivity index (χ0n) is 12.8. The maximum atomic E-state index is 11.4. The standard InChI is InChI=1S/C16H18N4O3/c1-10-9-23-7-6-20(10)14-8-13(16(21)22)18-15(19-14)11-2-4-12(17)5-3-11/h2-5,8,10H,6-7,9,17H2,1H3,(H,21,22)/t10-/m0/s1. The van der Waals surface area contributed by atoms with Crippen molar-refractivity contribution in [2.45, 2.75) is 13.0 Å². The lowest BCUT2D eigenvalue weighted by atomic mass is 10.2. The second kappa shape index (κ2) is 6.21. The van der Waals surface area contributed by atoms with Gasteiger partial charge in [-0.2, -0.15) is 0 Å². The van der Waals surface area contributed by atoms with Crippen LogP contribution in [-0.2, 0) is 4.74 Å². The molecule has 0 unspecified atom stereocenters. The van der Waals surface area contributed by atoms with Crippen molar-refractivity contribution < 1.29 is 14.6 Å². The predicted octanol–water partition coefficient (Wildman–Crippen LogP) is 1.65. The Kier molecular flexibility index (Phi) is 4.12. The number of rotatable bonds is 3. The number of nitrogens with two attached hydrogens (primary N) is 1. The highest BCUT2D eigenvalue weighted by atomic mass is 16.5. The predicted molar refractivity (Wildman–Crippen MR) is 86.5 cm³/mol. The van der Waals surface area contributed by atoms with Gasteiger partial charge < -0.3 is 20.5 Å². The Morgan fingerprint density at radius 3 is 2.74 bits per heavy atom. The molecular formula is C16H18N4O3. The van der Waals surface area contributed by atoms with E-state index in [1.54, 1.807) is 24.3 Å². The number of hydrogen-bond donors (Lipinski definition) is 2. The van der Waals surface area contributed by atoms with Crippen molar-refractivity contribution >= 4 is 17.5 Å². The topological polar surface area (TPSA) is 102 Å². The first kappa shape index (κ1) is 15.2. The van der Waals surface area contributed by atoms with Gasteiger partial charge in [0.15, 0.2) is 11.5 Å². The first-order chi connectivity index (χ1) is 11.0. The molecule has 2 heterocycles. The third-order valence-corrected chi connectivity index (χ3v) is 3.76. The fraction of sp³-hybridized carbons (Fsp3) is 0.312. The van der Waals surface area contributed by atoms with Crippen molar-refractivity contribution in [1.82, 2.24) is 9.97 Å². The molecule has 7 heteroatoms. The molecule has 1 aromatic carbocycles. The summed E-state index contributed by atoms with van der Waals surface area (Å²) in [5.41, 5.74) is 7.02. The van der Waals surface area contributed by atoms with E-state index >= 15 is 0 Å². The molecule has 3 N–H and O–H groups in total. The second-order valence-electron chi connectivity index (χ2n) is 5.48. The van der Waals surface area contributed by atoms with Gasteiger partial charge in [-0.1, -0.05) is 0 Å². The van der Waals surface area contributed by atoms with Gasteiger partial charge in [-0.3, -0.25) is 0 Å².